The lowest BCUT2D eigenvalue weighted by Crippen LogP contribution is -2.13. The Bertz CT molecular complexity index is 614. The maximum atomic E-state index is 11.9. The molecule has 0 saturated carbocycles. The molecule has 0 aliphatic heterocycles. The van der Waals surface area contributed by atoms with Gasteiger partial charge in [-0.15, -0.1) is 11.8 Å². The maximum absolute atomic E-state index is 11.9. The van der Waals surface area contributed by atoms with Crippen LogP contribution in [0, 0.1) is 6.92 Å². The Balaban J connectivity index is 1.90. The van der Waals surface area contributed by atoms with Crippen molar-refractivity contribution in [1.29, 1.82) is 0 Å². The Morgan fingerprint density at radius 1 is 1.25 bits per heavy atom. The average Bonchev–Trinajstić information content (AvgIpc) is 2.40. The zero-order valence-electron chi connectivity index (χ0n) is 11.0. The Morgan fingerprint density at radius 2 is 1.95 bits per heavy atom. The number of anilines is 2. The molecule has 0 radical (unpaired) electrons. The number of halogens is 1. The average molecular weight is 351 g/mol. The summed E-state index contributed by atoms with van der Waals surface area (Å²) in [5, 5.41) is 2.87. The summed E-state index contributed by atoms with van der Waals surface area (Å²) in [6.45, 7) is 2.01. The van der Waals surface area contributed by atoms with E-state index in [1.807, 2.05) is 49.4 Å². The van der Waals surface area contributed by atoms with Gasteiger partial charge in [0, 0.05) is 20.7 Å². The lowest BCUT2D eigenvalue weighted by atomic mass is 10.2. The summed E-state index contributed by atoms with van der Waals surface area (Å²) in [6, 6.07) is 13.3. The second kappa shape index (κ2) is 6.81. The number of benzene rings is 2. The molecule has 0 saturated heterocycles. The quantitative estimate of drug-likeness (QED) is 0.645. The van der Waals surface area contributed by atoms with Gasteiger partial charge < -0.3 is 11.1 Å². The van der Waals surface area contributed by atoms with Crippen LogP contribution in [0.1, 0.15) is 5.56 Å². The van der Waals surface area contributed by atoms with E-state index in [1.165, 1.54) is 17.3 Å². The van der Waals surface area contributed by atoms with Gasteiger partial charge >= 0.3 is 0 Å². The molecule has 104 valence electrons. The molecule has 0 unspecified atom stereocenters. The third-order valence-corrected chi connectivity index (χ3v) is 4.64. The molecule has 0 aliphatic carbocycles. The zero-order chi connectivity index (χ0) is 14.5. The van der Waals surface area contributed by atoms with Crippen molar-refractivity contribution in [2.45, 2.75) is 11.8 Å². The first-order valence-corrected chi connectivity index (χ1v) is 7.87. The number of carbonyl (C=O) groups excluding carboxylic acids is 1. The van der Waals surface area contributed by atoms with Crippen LogP contribution >= 0.6 is 27.7 Å². The Kier molecular flexibility index (Phi) is 5.09. The predicted molar refractivity (Wildman–Crippen MR) is 89.1 cm³/mol. The fourth-order valence-electron chi connectivity index (χ4n) is 1.61. The number of nitrogens with two attached hydrogens (primary N) is 1. The standard InChI is InChI=1S/C15H15BrN2OS/c1-10-2-5-12(6-3-10)18-15(19)9-20-14-7-4-11(17)8-13(14)16/h2-8H,9,17H2,1H3,(H,18,19). The van der Waals surface area contributed by atoms with Gasteiger partial charge in [-0.05, 0) is 53.2 Å². The van der Waals surface area contributed by atoms with Crippen molar-refractivity contribution in [3.8, 4) is 0 Å². The lowest BCUT2D eigenvalue weighted by molar-refractivity contribution is -0.113. The number of nitrogen functional groups attached to an aromatic ring is 1. The Hall–Kier alpha value is -1.46. The smallest absolute Gasteiger partial charge is 0.234 e. The molecular weight excluding hydrogens is 336 g/mol. The number of aryl methyl sites for hydroxylation is 1. The molecule has 0 spiro atoms. The van der Waals surface area contributed by atoms with Crippen LogP contribution in [0.5, 0.6) is 0 Å². The summed E-state index contributed by atoms with van der Waals surface area (Å²) >= 11 is 4.91. The molecule has 0 atom stereocenters. The summed E-state index contributed by atoms with van der Waals surface area (Å²) in [4.78, 5) is 12.9. The number of nitrogens with one attached hydrogen (secondary N) is 1. The number of thioether (sulfide) groups is 1. The second-order valence-corrected chi connectivity index (χ2v) is 6.26. The molecular formula is C15H15BrN2OS. The van der Waals surface area contributed by atoms with E-state index in [0.29, 0.717) is 11.4 Å². The van der Waals surface area contributed by atoms with Gasteiger partial charge in [-0.3, -0.25) is 4.79 Å². The minimum atomic E-state index is -0.0254. The first-order chi connectivity index (χ1) is 9.54. The second-order valence-electron chi connectivity index (χ2n) is 4.39. The van der Waals surface area contributed by atoms with E-state index in [-0.39, 0.29) is 5.91 Å². The summed E-state index contributed by atoms with van der Waals surface area (Å²) in [5.41, 5.74) is 8.37. The molecule has 2 aromatic carbocycles. The lowest BCUT2D eigenvalue weighted by Gasteiger charge is -2.07. The highest BCUT2D eigenvalue weighted by atomic mass is 79.9. The molecule has 3 nitrogen and oxygen atoms in total. The molecule has 0 heterocycles. The largest absolute Gasteiger partial charge is 0.399 e. The molecule has 1 amide bonds. The zero-order valence-corrected chi connectivity index (χ0v) is 13.4. The summed E-state index contributed by atoms with van der Waals surface area (Å²) < 4.78 is 0.908. The fraction of sp³-hybridized carbons (Fsp3) is 0.133. The van der Waals surface area contributed by atoms with Gasteiger partial charge in [0.05, 0.1) is 5.75 Å². The van der Waals surface area contributed by atoms with Gasteiger partial charge in [0.15, 0.2) is 0 Å². The van der Waals surface area contributed by atoms with E-state index < -0.39 is 0 Å². The highest BCUT2D eigenvalue weighted by molar-refractivity contribution is 9.10. The molecule has 0 bridgehead atoms. The van der Waals surface area contributed by atoms with Crippen LogP contribution in [0.25, 0.3) is 0 Å². The topological polar surface area (TPSA) is 55.1 Å². The van der Waals surface area contributed by atoms with Crippen molar-refractivity contribution in [1.82, 2.24) is 0 Å². The Morgan fingerprint density at radius 3 is 2.60 bits per heavy atom. The van der Waals surface area contributed by atoms with Gasteiger partial charge in [0.2, 0.25) is 5.91 Å². The van der Waals surface area contributed by atoms with Crippen LogP contribution in [0.2, 0.25) is 0 Å². The highest BCUT2D eigenvalue weighted by Gasteiger charge is 2.06. The monoisotopic (exact) mass is 350 g/mol. The van der Waals surface area contributed by atoms with Gasteiger partial charge in [-0.1, -0.05) is 17.7 Å². The van der Waals surface area contributed by atoms with Crippen molar-refractivity contribution < 1.29 is 4.79 Å². The molecule has 0 aliphatic rings. The number of carbonyl (C=O) groups is 1. The van der Waals surface area contributed by atoms with Crippen molar-refractivity contribution in [2.75, 3.05) is 16.8 Å². The van der Waals surface area contributed by atoms with Gasteiger partial charge in [0.1, 0.15) is 0 Å². The molecule has 20 heavy (non-hydrogen) atoms. The number of hydrogen-bond acceptors (Lipinski definition) is 3. The minimum Gasteiger partial charge on any atom is -0.399 e. The van der Waals surface area contributed by atoms with Gasteiger partial charge in [-0.25, -0.2) is 0 Å². The van der Waals surface area contributed by atoms with Gasteiger partial charge in [0.25, 0.3) is 0 Å². The normalized spacial score (nSPS) is 10.3. The van der Waals surface area contributed by atoms with Crippen LogP contribution in [0.4, 0.5) is 11.4 Å². The minimum absolute atomic E-state index is 0.0254. The highest BCUT2D eigenvalue weighted by Crippen LogP contribution is 2.29. The summed E-state index contributed by atoms with van der Waals surface area (Å²) in [7, 11) is 0. The number of hydrogen-bond donors (Lipinski definition) is 2. The number of rotatable bonds is 4. The van der Waals surface area contributed by atoms with E-state index in [2.05, 4.69) is 21.2 Å². The third-order valence-electron chi connectivity index (χ3n) is 2.65. The van der Waals surface area contributed by atoms with Crippen LogP contribution in [-0.2, 0) is 4.79 Å². The molecule has 0 aromatic heterocycles. The van der Waals surface area contributed by atoms with Crippen LogP contribution < -0.4 is 11.1 Å². The van der Waals surface area contributed by atoms with E-state index >= 15 is 0 Å². The van der Waals surface area contributed by atoms with Crippen molar-refractivity contribution >= 4 is 45.0 Å². The fourth-order valence-corrected chi connectivity index (χ4v) is 3.07. The van der Waals surface area contributed by atoms with Crippen molar-refractivity contribution in [2.24, 2.45) is 0 Å². The first-order valence-electron chi connectivity index (χ1n) is 6.09. The van der Waals surface area contributed by atoms with Crippen LogP contribution in [0.3, 0.4) is 0 Å². The predicted octanol–water partition coefficient (Wildman–Crippen LogP) is 4.07. The molecule has 3 N–H and O–H groups in total. The molecule has 5 heteroatoms. The van der Waals surface area contributed by atoms with Crippen molar-refractivity contribution in [3.05, 3.63) is 52.5 Å². The van der Waals surface area contributed by atoms with Crippen molar-refractivity contribution in [3.63, 3.8) is 0 Å². The van der Waals surface area contributed by atoms with Crippen LogP contribution in [0.15, 0.2) is 51.8 Å². The van der Waals surface area contributed by atoms with E-state index in [1.54, 1.807) is 0 Å². The maximum Gasteiger partial charge on any atom is 0.234 e. The summed E-state index contributed by atoms with van der Waals surface area (Å²) in [5.74, 6) is 0.332. The van der Waals surface area contributed by atoms with Gasteiger partial charge in [-0.2, -0.15) is 0 Å². The van der Waals surface area contributed by atoms with E-state index in [0.717, 1.165) is 15.1 Å². The third kappa shape index (κ3) is 4.28. The Labute approximate surface area is 131 Å². The molecule has 2 aromatic rings. The first kappa shape index (κ1) is 14.9. The van der Waals surface area contributed by atoms with E-state index in [4.69, 9.17) is 5.73 Å². The molecule has 2 rings (SSSR count). The summed E-state index contributed by atoms with van der Waals surface area (Å²) in [6.07, 6.45) is 0. The van der Waals surface area contributed by atoms with Crippen LogP contribution in [-0.4, -0.2) is 11.7 Å². The SMILES string of the molecule is Cc1ccc(NC(=O)CSc2ccc(N)cc2Br)cc1. The molecule has 0 fully saturated rings. The van der Waals surface area contributed by atoms with E-state index in [9.17, 15) is 4.79 Å². The number of amides is 1.